The fraction of sp³-hybridized carbons (Fsp3) is 0.435. The average molecular weight is 370 g/mol. The summed E-state index contributed by atoms with van der Waals surface area (Å²) in [6.07, 6.45) is 5.21. The first-order chi connectivity index (χ1) is 13.0. The third kappa shape index (κ3) is 5.64. The van der Waals surface area contributed by atoms with Crippen molar-refractivity contribution in [2.24, 2.45) is 0 Å². The largest absolute Gasteiger partial charge is 0.490 e. The van der Waals surface area contributed by atoms with Crippen LogP contribution >= 0.6 is 0 Å². The number of ether oxygens (including phenoxy) is 1. The minimum atomic E-state index is -0.269. The molecule has 0 atom stereocenters. The van der Waals surface area contributed by atoms with Gasteiger partial charge in [-0.25, -0.2) is 4.39 Å². The Bertz CT molecular complexity index is 779. The fourth-order valence-electron chi connectivity index (χ4n) is 3.65. The van der Waals surface area contributed by atoms with Gasteiger partial charge in [-0.05, 0) is 86.4 Å². The number of ketones is 1. The van der Waals surface area contributed by atoms with E-state index >= 15 is 0 Å². The zero-order valence-electron chi connectivity index (χ0n) is 15.8. The second-order valence-electron chi connectivity index (χ2n) is 7.43. The molecule has 2 aromatic carbocycles. The Morgan fingerprint density at radius 1 is 1.15 bits per heavy atom. The zero-order chi connectivity index (χ0) is 19.2. The maximum absolute atomic E-state index is 13.8. The highest BCUT2D eigenvalue weighted by Gasteiger charge is 2.21. The third-order valence-electron chi connectivity index (χ3n) is 5.14. The predicted octanol–water partition coefficient (Wildman–Crippen LogP) is 5.09. The molecular formula is C23H27FO3. The van der Waals surface area contributed by atoms with Crippen LogP contribution in [-0.2, 0) is 11.2 Å². The van der Waals surface area contributed by atoms with Crippen LogP contribution in [0, 0.1) is 5.82 Å². The third-order valence-corrected chi connectivity index (χ3v) is 5.14. The molecule has 1 N–H and O–H groups in total. The molecule has 0 radical (unpaired) electrons. The molecule has 0 heterocycles. The smallest absolute Gasteiger partial charge is 0.129 e. The van der Waals surface area contributed by atoms with Crippen molar-refractivity contribution in [2.45, 2.75) is 64.1 Å². The second kappa shape index (κ2) is 9.14. The molecule has 0 bridgehead atoms. The van der Waals surface area contributed by atoms with E-state index in [0.717, 1.165) is 61.0 Å². The first kappa shape index (κ1) is 19.6. The van der Waals surface area contributed by atoms with Gasteiger partial charge >= 0.3 is 0 Å². The van der Waals surface area contributed by atoms with Gasteiger partial charge in [-0.1, -0.05) is 18.2 Å². The highest BCUT2D eigenvalue weighted by atomic mass is 19.1. The van der Waals surface area contributed by atoms with E-state index in [1.165, 1.54) is 12.1 Å². The van der Waals surface area contributed by atoms with Crippen LogP contribution in [-0.4, -0.2) is 23.1 Å². The van der Waals surface area contributed by atoms with Crippen LogP contribution in [0.3, 0.4) is 0 Å². The van der Waals surface area contributed by atoms with Crippen LogP contribution in [0.15, 0.2) is 42.5 Å². The number of benzene rings is 2. The first-order valence-corrected chi connectivity index (χ1v) is 9.74. The summed E-state index contributed by atoms with van der Waals surface area (Å²) in [5.41, 5.74) is 2.86. The molecule has 3 rings (SSSR count). The van der Waals surface area contributed by atoms with E-state index in [0.29, 0.717) is 6.42 Å². The van der Waals surface area contributed by atoms with Gasteiger partial charge in [0.1, 0.15) is 17.3 Å². The van der Waals surface area contributed by atoms with Crippen molar-refractivity contribution in [3.05, 3.63) is 53.8 Å². The molecule has 2 aromatic rings. The molecule has 1 aliphatic carbocycles. The Morgan fingerprint density at radius 2 is 1.93 bits per heavy atom. The van der Waals surface area contributed by atoms with Gasteiger partial charge in [-0.3, -0.25) is 0 Å². The summed E-state index contributed by atoms with van der Waals surface area (Å²) < 4.78 is 19.9. The van der Waals surface area contributed by atoms with Crippen LogP contribution in [0.4, 0.5) is 4.39 Å². The molecule has 1 saturated carbocycles. The van der Waals surface area contributed by atoms with Crippen LogP contribution in [0.5, 0.6) is 5.75 Å². The molecule has 3 nitrogen and oxygen atoms in total. The van der Waals surface area contributed by atoms with Crippen molar-refractivity contribution in [1.82, 2.24) is 0 Å². The maximum Gasteiger partial charge on any atom is 0.129 e. The summed E-state index contributed by atoms with van der Waals surface area (Å²) in [4.78, 5) is 11.2. The van der Waals surface area contributed by atoms with Crippen molar-refractivity contribution in [1.29, 1.82) is 0 Å². The molecule has 0 aromatic heterocycles. The molecule has 27 heavy (non-hydrogen) atoms. The predicted molar refractivity (Wildman–Crippen MR) is 104 cm³/mol. The second-order valence-corrected chi connectivity index (χ2v) is 7.43. The lowest BCUT2D eigenvalue weighted by Crippen LogP contribution is -2.26. The van der Waals surface area contributed by atoms with Crippen molar-refractivity contribution < 1.29 is 19.0 Å². The van der Waals surface area contributed by atoms with E-state index in [-0.39, 0.29) is 23.8 Å². The normalized spacial score (nSPS) is 19.7. The molecule has 0 spiro atoms. The summed E-state index contributed by atoms with van der Waals surface area (Å²) >= 11 is 0. The SMILES string of the molecule is CC(=O)CCCc1ccc(OC2CCC(O)CC2)cc1-c1cccc(F)c1. The highest BCUT2D eigenvalue weighted by molar-refractivity contribution is 5.75. The maximum atomic E-state index is 13.8. The van der Waals surface area contributed by atoms with E-state index in [4.69, 9.17) is 4.74 Å². The monoisotopic (exact) mass is 370 g/mol. The fourth-order valence-corrected chi connectivity index (χ4v) is 3.65. The van der Waals surface area contributed by atoms with Gasteiger partial charge in [-0.15, -0.1) is 0 Å². The average Bonchev–Trinajstić information content (AvgIpc) is 2.64. The number of hydrogen-bond donors (Lipinski definition) is 1. The Balaban J connectivity index is 1.82. The molecule has 0 aliphatic heterocycles. The van der Waals surface area contributed by atoms with E-state index in [2.05, 4.69) is 0 Å². The molecule has 0 amide bonds. The molecule has 144 valence electrons. The summed E-state index contributed by atoms with van der Waals surface area (Å²) in [7, 11) is 0. The van der Waals surface area contributed by atoms with Crippen LogP contribution in [0.1, 0.15) is 51.0 Å². The Hall–Kier alpha value is -2.20. The van der Waals surface area contributed by atoms with E-state index < -0.39 is 0 Å². The van der Waals surface area contributed by atoms with E-state index in [1.54, 1.807) is 13.0 Å². The van der Waals surface area contributed by atoms with Gasteiger partial charge in [0, 0.05) is 6.42 Å². The number of hydrogen-bond acceptors (Lipinski definition) is 3. The number of carbonyl (C=O) groups is 1. The highest BCUT2D eigenvalue weighted by Crippen LogP contribution is 2.32. The Morgan fingerprint density at radius 3 is 2.63 bits per heavy atom. The molecule has 4 heteroatoms. The molecule has 1 fully saturated rings. The van der Waals surface area contributed by atoms with Crippen molar-refractivity contribution >= 4 is 5.78 Å². The van der Waals surface area contributed by atoms with Crippen molar-refractivity contribution in [2.75, 3.05) is 0 Å². The summed E-state index contributed by atoms with van der Waals surface area (Å²) in [5.74, 6) is 0.683. The number of halogens is 1. The molecule has 0 unspecified atom stereocenters. The number of aliphatic hydroxyl groups excluding tert-OH is 1. The summed E-state index contributed by atoms with van der Waals surface area (Å²) in [5, 5.41) is 9.65. The zero-order valence-corrected chi connectivity index (χ0v) is 15.8. The van der Waals surface area contributed by atoms with Crippen LogP contribution in [0.2, 0.25) is 0 Å². The Kier molecular flexibility index (Phi) is 6.62. The van der Waals surface area contributed by atoms with Crippen LogP contribution < -0.4 is 4.74 Å². The molecular weight excluding hydrogens is 343 g/mol. The van der Waals surface area contributed by atoms with Gasteiger partial charge in [0.05, 0.1) is 12.2 Å². The van der Waals surface area contributed by atoms with Gasteiger partial charge in [0.2, 0.25) is 0 Å². The number of aliphatic hydroxyl groups is 1. The summed E-state index contributed by atoms with van der Waals surface area (Å²) in [6.45, 7) is 1.60. The topological polar surface area (TPSA) is 46.5 Å². The van der Waals surface area contributed by atoms with E-state index in [1.807, 2.05) is 24.3 Å². The lowest BCUT2D eigenvalue weighted by atomic mass is 9.94. The minimum Gasteiger partial charge on any atom is -0.490 e. The molecule has 1 aliphatic rings. The van der Waals surface area contributed by atoms with E-state index in [9.17, 15) is 14.3 Å². The van der Waals surface area contributed by atoms with Crippen molar-refractivity contribution in [3.8, 4) is 16.9 Å². The number of aryl methyl sites for hydroxylation is 1. The van der Waals surface area contributed by atoms with Gasteiger partial charge in [0.15, 0.2) is 0 Å². The van der Waals surface area contributed by atoms with Crippen molar-refractivity contribution in [3.63, 3.8) is 0 Å². The Labute approximate surface area is 160 Å². The lowest BCUT2D eigenvalue weighted by Gasteiger charge is -2.26. The number of rotatable bonds is 7. The minimum absolute atomic E-state index is 0.109. The standard InChI is InChI=1S/C23H27FO3/c1-16(25)4-2-5-17-8-11-22(27-21-12-9-20(26)10-13-21)15-23(17)18-6-3-7-19(24)14-18/h3,6-8,11,14-15,20-21,26H,2,4-5,9-10,12-13H2,1H3. The summed E-state index contributed by atoms with van der Waals surface area (Å²) in [6, 6.07) is 12.5. The van der Waals surface area contributed by atoms with Gasteiger partial charge in [0.25, 0.3) is 0 Å². The van der Waals surface area contributed by atoms with Crippen LogP contribution in [0.25, 0.3) is 11.1 Å². The van der Waals surface area contributed by atoms with Gasteiger partial charge < -0.3 is 14.6 Å². The van der Waals surface area contributed by atoms with Gasteiger partial charge in [-0.2, -0.15) is 0 Å². The number of Topliss-reactive ketones (excluding diaryl/α,β-unsaturated/α-hetero) is 1. The lowest BCUT2D eigenvalue weighted by molar-refractivity contribution is -0.117. The molecule has 0 saturated heterocycles. The first-order valence-electron chi connectivity index (χ1n) is 9.74. The number of carbonyl (C=O) groups excluding carboxylic acids is 1. The quantitative estimate of drug-likeness (QED) is 0.739.